The second kappa shape index (κ2) is 6.78. The number of aliphatic hydroxyl groups is 1. The Hall–Kier alpha value is -1.90. The summed E-state index contributed by atoms with van der Waals surface area (Å²) in [6.45, 7) is 3.44. The summed E-state index contributed by atoms with van der Waals surface area (Å²) in [5, 5.41) is 10.3. The zero-order valence-corrected chi connectivity index (χ0v) is 16.3. The van der Waals surface area contributed by atoms with Crippen LogP contribution < -0.4 is 15.0 Å². The van der Waals surface area contributed by atoms with Gasteiger partial charge in [0, 0.05) is 6.07 Å². The number of benzene rings is 1. The number of aromatic nitrogens is 2. The predicted octanol–water partition coefficient (Wildman–Crippen LogP) is 3.37. The lowest BCUT2D eigenvalue weighted by atomic mass is 10.2. The molecule has 2 aromatic heterocycles. The highest BCUT2D eigenvalue weighted by Gasteiger charge is 2.16. The molecule has 0 amide bonds. The zero-order chi connectivity index (χ0) is 18.2. The van der Waals surface area contributed by atoms with Gasteiger partial charge < -0.3 is 14.6 Å². The van der Waals surface area contributed by atoms with E-state index in [0.29, 0.717) is 27.4 Å². The maximum absolute atomic E-state index is 12.7. The van der Waals surface area contributed by atoms with Crippen molar-refractivity contribution in [3.8, 4) is 17.2 Å². The molecule has 6 nitrogen and oxygen atoms in total. The minimum absolute atomic E-state index is 0.124. The average Bonchev–Trinajstić information content (AvgIpc) is 2.94. The van der Waals surface area contributed by atoms with E-state index in [2.05, 4.69) is 20.9 Å². The third-order valence-corrected chi connectivity index (χ3v) is 4.97. The molecule has 1 N–H and O–H groups in total. The van der Waals surface area contributed by atoms with Gasteiger partial charge in [-0.15, -0.1) is 11.3 Å². The van der Waals surface area contributed by atoms with Crippen molar-refractivity contribution in [3.63, 3.8) is 0 Å². The first-order chi connectivity index (χ1) is 11.8. The molecule has 0 aliphatic rings. The first-order valence-electron chi connectivity index (χ1n) is 7.49. The SMILES string of the molecule is COc1cc(-n2cnc3sc(Br)cc3c2=O)ccc1OCC(C)(C)O. The fourth-order valence-corrected chi connectivity index (χ4v) is 3.66. The van der Waals surface area contributed by atoms with Crippen LogP contribution in [0.5, 0.6) is 11.5 Å². The molecule has 3 aromatic rings. The van der Waals surface area contributed by atoms with Gasteiger partial charge in [-0.25, -0.2) is 4.98 Å². The van der Waals surface area contributed by atoms with E-state index in [1.54, 1.807) is 38.1 Å². The Bertz CT molecular complexity index is 975. The molecule has 8 heteroatoms. The second-order valence-corrected chi connectivity index (χ2v) is 8.54. The number of hydrogen-bond donors (Lipinski definition) is 1. The topological polar surface area (TPSA) is 73.6 Å². The molecule has 0 aliphatic carbocycles. The van der Waals surface area contributed by atoms with Gasteiger partial charge in [-0.3, -0.25) is 9.36 Å². The number of nitrogens with zero attached hydrogens (tertiary/aromatic N) is 2. The lowest BCUT2D eigenvalue weighted by Crippen LogP contribution is -2.28. The lowest BCUT2D eigenvalue weighted by molar-refractivity contribution is 0.0276. The number of halogens is 1. The number of methoxy groups -OCH3 is 1. The van der Waals surface area contributed by atoms with Gasteiger partial charge in [0.25, 0.3) is 5.56 Å². The van der Waals surface area contributed by atoms with Crippen molar-refractivity contribution in [3.05, 3.63) is 44.7 Å². The fraction of sp³-hybridized carbons (Fsp3) is 0.294. The van der Waals surface area contributed by atoms with Gasteiger partial charge >= 0.3 is 0 Å². The Balaban J connectivity index is 2.01. The molecule has 1 aromatic carbocycles. The number of fused-ring (bicyclic) bond motifs is 1. The van der Waals surface area contributed by atoms with Crippen LogP contribution in [0.25, 0.3) is 15.9 Å². The fourth-order valence-electron chi connectivity index (χ4n) is 2.26. The predicted molar refractivity (Wildman–Crippen MR) is 101 cm³/mol. The zero-order valence-electron chi connectivity index (χ0n) is 13.9. The van der Waals surface area contributed by atoms with Gasteiger partial charge in [-0.05, 0) is 48.0 Å². The number of ether oxygens (including phenoxy) is 2. The quantitative estimate of drug-likeness (QED) is 0.679. The maximum Gasteiger partial charge on any atom is 0.266 e. The Morgan fingerprint density at radius 3 is 2.76 bits per heavy atom. The summed E-state index contributed by atoms with van der Waals surface area (Å²) in [5.74, 6) is 0.967. The third kappa shape index (κ3) is 3.86. The normalized spacial score (nSPS) is 11.7. The van der Waals surface area contributed by atoms with Crippen molar-refractivity contribution in [2.75, 3.05) is 13.7 Å². The highest BCUT2D eigenvalue weighted by Crippen LogP contribution is 2.30. The van der Waals surface area contributed by atoms with Crippen molar-refractivity contribution in [2.45, 2.75) is 19.4 Å². The average molecular weight is 425 g/mol. The van der Waals surface area contributed by atoms with E-state index in [1.807, 2.05) is 0 Å². The van der Waals surface area contributed by atoms with E-state index in [-0.39, 0.29) is 12.2 Å². The minimum atomic E-state index is -0.956. The smallest absolute Gasteiger partial charge is 0.266 e. The first-order valence-corrected chi connectivity index (χ1v) is 9.10. The Labute approximate surface area is 156 Å². The van der Waals surface area contributed by atoms with E-state index in [0.717, 1.165) is 3.79 Å². The Morgan fingerprint density at radius 1 is 1.32 bits per heavy atom. The van der Waals surface area contributed by atoms with Crippen molar-refractivity contribution in [1.82, 2.24) is 9.55 Å². The Morgan fingerprint density at radius 2 is 2.08 bits per heavy atom. The summed E-state index contributed by atoms with van der Waals surface area (Å²) >= 11 is 4.79. The molecule has 0 spiro atoms. The summed E-state index contributed by atoms with van der Waals surface area (Å²) < 4.78 is 13.3. The van der Waals surface area contributed by atoms with Crippen LogP contribution in [0.1, 0.15) is 13.8 Å². The molecule has 2 heterocycles. The summed E-state index contributed by atoms with van der Waals surface area (Å²) in [5.41, 5.74) is -0.490. The van der Waals surface area contributed by atoms with Crippen LogP contribution in [0.3, 0.4) is 0 Å². The molecule has 132 valence electrons. The van der Waals surface area contributed by atoms with Gasteiger partial charge in [0.15, 0.2) is 11.5 Å². The van der Waals surface area contributed by atoms with E-state index in [4.69, 9.17) is 9.47 Å². The maximum atomic E-state index is 12.7. The summed E-state index contributed by atoms with van der Waals surface area (Å²) in [4.78, 5) is 17.7. The molecule has 25 heavy (non-hydrogen) atoms. The highest BCUT2D eigenvalue weighted by atomic mass is 79.9. The standard InChI is InChI=1S/C17H17BrN2O4S/c1-17(2,22)8-24-12-5-4-10(6-13(12)23-3)20-9-19-15-11(16(20)21)7-14(18)25-15/h4-7,9,22H,8H2,1-3H3. The molecular weight excluding hydrogens is 408 g/mol. The molecular formula is C17H17BrN2O4S. The second-order valence-electron chi connectivity index (χ2n) is 6.13. The third-order valence-electron chi connectivity index (χ3n) is 3.43. The van der Waals surface area contributed by atoms with Crippen molar-refractivity contribution < 1.29 is 14.6 Å². The van der Waals surface area contributed by atoms with Gasteiger partial charge in [0.2, 0.25) is 0 Å². The van der Waals surface area contributed by atoms with Crippen LogP contribution in [0.15, 0.2) is 39.2 Å². The van der Waals surface area contributed by atoms with E-state index in [9.17, 15) is 9.90 Å². The van der Waals surface area contributed by atoms with Crippen molar-refractivity contribution in [2.24, 2.45) is 0 Å². The summed E-state index contributed by atoms with van der Waals surface area (Å²) in [6, 6.07) is 6.93. The van der Waals surface area contributed by atoms with Crippen LogP contribution in [0.4, 0.5) is 0 Å². The van der Waals surface area contributed by atoms with E-state index in [1.165, 1.54) is 29.3 Å². The molecule has 0 radical (unpaired) electrons. The van der Waals surface area contributed by atoms with Crippen LogP contribution in [-0.4, -0.2) is 34.0 Å². The van der Waals surface area contributed by atoms with Crippen molar-refractivity contribution >= 4 is 37.5 Å². The molecule has 0 fully saturated rings. The van der Waals surface area contributed by atoms with Gasteiger partial charge in [0.05, 0.1) is 27.6 Å². The largest absolute Gasteiger partial charge is 0.493 e. The summed E-state index contributed by atoms with van der Waals surface area (Å²) in [6.07, 6.45) is 1.50. The molecule has 0 unspecified atom stereocenters. The molecule has 0 saturated carbocycles. The van der Waals surface area contributed by atoms with Crippen LogP contribution in [0.2, 0.25) is 0 Å². The lowest BCUT2D eigenvalue weighted by Gasteiger charge is -2.19. The van der Waals surface area contributed by atoms with Crippen LogP contribution in [0, 0.1) is 0 Å². The summed E-state index contributed by atoms with van der Waals surface area (Å²) in [7, 11) is 1.52. The van der Waals surface area contributed by atoms with Gasteiger partial charge in [-0.1, -0.05) is 0 Å². The molecule has 3 rings (SSSR count). The van der Waals surface area contributed by atoms with Gasteiger partial charge in [0.1, 0.15) is 17.8 Å². The van der Waals surface area contributed by atoms with Crippen LogP contribution in [-0.2, 0) is 0 Å². The van der Waals surface area contributed by atoms with Gasteiger partial charge in [-0.2, -0.15) is 0 Å². The number of hydrogen-bond acceptors (Lipinski definition) is 6. The Kier molecular flexibility index (Phi) is 4.86. The van der Waals surface area contributed by atoms with E-state index >= 15 is 0 Å². The molecule has 0 saturated heterocycles. The number of thiophene rings is 1. The first kappa shape index (κ1) is 17.9. The van der Waals surface area contributed by atoms with Crippen molar-refractivity contribution in [1.29, 1.82) is 0 Å². The minimum Gasteiger partial charge on any atom is -0.493 e. The number of rotatable bonds is 5. The monoisotopic (exact) mass is 424 g/mol. The van der Waals surface area contributed by atoms with E-state index < -0.39 is 5.60 Å². The van der Waals surface area contributed by atoms with Crippen LogP contribution >= 0.6 is 27.3 Å². The molecule has 0 atom stereocenters. The molecule has 0 bridgehead atoms. The molecule has 0 aliphatic heterocycles. The highest BCUT2D eigenvalue weighted by molar-refractivity contribution is 9.11.